The first-order chi connectivity index (χ1) is 13.3. The van der Waals surface area contributed by atoms with E-state index in [2.05, 4.69) is 46.1 Å². The third-order valence-electron chi connectivity index (χ3n) is 6.48. The summed E-state index contributed by atoms with van der Waals surface area (Å²) in [5.74, 6) is -0.226. The van der Waals surface area contributed by atoms with Gasteiger partial charge in [-0.2, -0.15) is 0 Å². The Morgan fingerprint density at radius 3 is 2.50 bits per heavy atom. The van der Waals surface area contributed by atoms with Crippen LogP contribution in [-0.2, 0) is 27.8 Å². The van der Waals surface area contributed by atoms with E-state index in [1.807, 2.05) is 0 Å². The number of carbonyl (C=O) groups excluding carboxylic acids is 1. The van der Waals surface area contributed by atoms with Gasteiger partial charge in [0.25, 0.3) is 0 Å². The van der Waals surface area contributed by atoms with Gasteiger partial charge in [0.1, 0.15) is 0 Å². The summed E-state index contributed by atoms with van der Waals surface area (Å²) in [4.78, 5) is 14.7. The molecular formula is C21H33N3O3S. The topological polar surface area (TPSA) is 78.5 Å². The van der Waals surface area contributed by atoms with Crippen LogP contribution in [0, 0.1) is 5.41 Å². The van der Waals surface area contributed by atoms with Crippen LogP contribution in [-0.4, -0.2) is 51.2 Å². The van der Waals surface area contributed by atoms with E-state index in [-0.39, 0.29) is 23.9 Å². The number of hydrogen-bond acceptors (Lipinski definition) is 4. The summed E-state index contributed by atoms with van der Waals surface area (Å²) in [5, 5.41) is 3.11. The first kappa shape index (κ1) is 21.3. The molecule has 28 heavy (non-hydrogen) atoms. The van der Waals surface area contributed by atoms with Crippen LogP contribution in [0.1, 0.15) is 50.2 Å². The predicted octanol–water partition coefficient (Wildman–Crippen LogP) is 2.05. The maximum Gasteiger partial charge on any atom is 0.235 e. The van der Waals surface area contributed by atoms with Gasteiger partial charge in [-0.05, 0) is 61.7 Å². The van der Waals surface area contributed by atoms with E-state index in [0.717, 1.165) is 64.4 Å². The van der Waals surface area contributed by atoms with Crippen molar-refractivity contribution in [3.05, 3.63) is 35.4 Å². The number of aryl methyl sites for hydroxylation is 1. The predicted molar refractivity (Wildman–Crippen MR) is 111 cm³/mol. The normalized spacial score (nSPS) is 22.4. The molecule has 2 N–H and O–H groups in total. The summed E-state index contributed by atoms with van der Waals surface area (Å²) in [6, 6.07) is 8.83. The molecule has 1 aromatic carbocycles. The first-order valence-electron chi connectivity index (χ1n) is 10.3. The van der Waals surface area contributed by atoms with Gasteiger partial charge in [-0.25, -0.2) is 13.1 Å². The van der Waals surface area contributed by atoms with Gasteiger partial charge in [-0.15, -0.1) is 0 Å². The molecule has 1 saturated heterocycles. The maximum atomic E-state index is 12.2. The average Bonchev–Trinajstić information content (AvgIpc) is 3.04. The average molecular weight is 408 g/mol. The molecule has 1 aromatic rings. The number of hydrogen-bond donors (Lipinski definition) is 2. The molecule has 6 nitrogen and oxygen atoms in total. The Morgan fingerprint density at radius 2 is 1.86 bits per heavy atom. The van der Waals surface area contributed by atoms with E-state index >= 15 is 0 Å². The highest BCUT2D eigenvalue weighted by Gasteiger charge is 2.45. The molecule has 2 aliphatic rings. The molecule has 2 fully saturated rings. The molecule has 1 atom stereocenters. The van der Waals surface area contributed by atoms with Crippen LogP contribution in [0.5, 0.6) is 0 Å². The van der Waals surface area contributed by atoms with Crippen LogP contribution in [0.4, 0.5) is 0 Å². The van der Waals surface area contributed by atoms with Crippen LogP contribution in [0.25, 0.3) is 0 Å². The van der Waals surface area contributed by atoms with Gasteiger partial charge in [0, 0.05) is 12.6 Å². The number of sulfonamides is 1. The van der Waals surface area contributed by atoms with Gasteiger partial charge in [0.05, 0.1) is 12.8 Å². The smallest absolute Gasteiger partial charge is 0.235 e. The lowest BCUT2D eigenvalue weighted by molar-refractivity contribution is -0.121. The molecule has 0 radical (unpaired) electrons. The third-order valence-corrected chi connectivity index (χ3v) is 7.15. The van der Waals surface area contributed by atoms with Gasteiger partial charge in [0.2, 0.25) is 15.9 Å². The summed E-state index contributed by atoms with van der Waals surface area (Å²) in [6.45, 7) is 5.12. The van der Waals surface area contributed by atoms with Crippen molar-refractivity contribution in [2.24, 2.45) is 5.41 Å². The molecule has 1 aliphatic heterocycles. The second-order valence-corrected chi connectivity index (χ2v) is 10.2. The highest BCUT2D eigenvalue weighted by Crippen LogP contribution is 2.46. The van der Waals surface area contributed by atoms with Crippen molar-refractivity contribution in [2.45, 2.75) is 58.0 Å². The van der Waals surface area contributed by atoms with E-state index in [1.54, 1.807) is 0 Å². The number of carbonyl (C=O) groups is 1. The number of rotatable bonds is 7. The summed E-state index contributed by atoms with van der Waals surface area (Å²) in [6.07, 6.45) is 7.58. The molecule has 1 saturated carbocycles. The van der Waals surface area contributed by atoms with Gasteiger partial charge in [-0.3, -0.25) is 9.69 Å². The van der Waals surface area contributed by atoms with Gasteiger partial charge in [0.15, 0.2) is 0 Å². The zero-order valence-electron chi connectivity index (χ0n) is 17.0. The van der Waals surface area contributed by atoms with Crippen LogP contribution in [0.2, 0.25) is 0 Å². The van der Waals surface area contributed by atoms with Crippen LogP contribution in [0.15, 0.2) is 24.3 Å². The lowest BCUT2D eigenvalue weighted by atomic mass is 9.74. The number of piperidine rings is 1. The van der Waals surface area contributed by atoms with Crippen molar-refractivity contribution >= 4 is 15.9 Å². The SMILES string of the molecule is CCc1ccccc1CN1CCC2(CCCC2NC(=O)CNS(C)(=O)=O)CC1. The second-order valence-electron chi connectivity index (χ2n) is 8.37. The number of nitrogens with one attached hydrogen (secondary N) is 2. The van der Waals surface area contributed by atoms with E-state index in [4.69, 9.17) is 0 Å². The van der Waals surface area contributed by atoms with Crippen molar-refractivity contribution in [1.29, 1.82) is 0 Å². The highest BCUT2D eigenvalue weighted by molar-refractivity contribution is 7.88. The Hall–Kier alpha value is -1.44. The zero-order valence-corrected chi connectivity index (χ0v) is 17.9. The summed E-state index contributed by atoms with van der Waals surface area (Å²) < 4.78 is 24.7. The molecule has 0 aromatic heterocycles. The molecule has 1 amide bonds. The number of likely N-dealkylation sites (tertiary alicyclic amines) is 1. The molecule has 156 valence electrons. The number of amides is 1. The molecule has 7 heteroatoms. The van der Waals surface area contributed by atoms with Crippen molar-refractivity contribution in [1.82, 2.24) is 14.9 Å². The Bertz CT molecular complexity index is 786. The molecule has 3 rings (SSSR count). The lowest BCUT2D eigenvalue weighted by Crippen LogP contribution is -2.51. The standard InChI is InChI=1S/C21H33N3O3S/c1-3-17-7-4-5-8-18(17)16-24-13-11-21(12-14-24)10-6-9-19(21)23-20(25)15-22-28(2,26)27/h4-5,7-8,19,22H,3,6,9-16H2,1-2H3,(H,23,25). The van der Waals surface area contributed by atoms with Crippen molar-refractivity contribution in [3.8, 4) is 0 Å². The van der Waals surface area contributed by atoms with E-state index in [0.29, 0.717) is 0 Å². The van der Waals surface area contributed by atoms with Crippen LogP contribution < -0.4 is 10.0 Å². The minimum atomic E-state index is -3.35. The summed E-state index contributed by atoms with van der Waals surface area (Å²) >= 11 is 0. The monoisotopic (exact) mass is 407 g/mol. The van der Waals surface area contributed by atoms with E-state index in [9.17, 15) is 13.2 Å². The van der Waals surface area contributed by atoms with Crippen molar-refractivity contribution < 1.29 is 13.2 Å². The Morgan fingerprint density at radius 1 is 1.18 bits per heavy atom. The van der Waals surface area contributed by atoms with Crippen molar-refractivity contribution in [3.63, 3.8) is 0 Å². The van der Waals surface area contributed by atoms with Gasteiger partial charge < -0.3 is 5.32 Å². The zero-order chi connectivity index (χ0) is 20.2. The lowest BCUT2D eigenvalue weighted by Gasteiger charge is -2.43. The third kappa shape index (κ3) is 5.33. The molecule has 1 spiro atoms. The minimum absolute atomic E-state index is 0.159. The molecule has 1 unspecified atom stereocenters. The Kier molecular flexibility index (Phi) is 6.78. The summed E-state index contributed by atoms with van der Waals surface area (Å²) in [5.41, 5.74) is 3.01. The molecular weight excluding hydrogens is 374 g/mol. The maximum absolute atomic E-state index is 12.2. The van der Waals surface area contributed by atoms with E-state index < -0.39 is 10.0 Å². The minimum Gasteiger partial charge on any atom is -0.352 e. The van der Waals surface area contributed by atoms with Crippen molar-refractivity contribution in [2.75, 3.05) is 25.9 Å². The largest absolute Gasteiger partial charge is 0.352 e. The number of nitrogens with zero attached hydrogens (tertiary/aromatic N) is 1. The fraction of sp³-hybridized carbons (Fsp3) is 0.667. The fourth-order valence-electron chi connectivity index (χ4n) is 4.86. The Balaban J connectivity index is 1.55. The molecule has 1 heterocycles. The summed E-state index contributed by atoms with van der Waals surface area (Å²) in [7, 11) is -3.35. The fourth-order valence-corrected chi connectivity index (χ4v) is 5.25. The molecule has 1 aliphatic carbocycles. The Labute approximate surface area is 169 Å². The van der Waals surface area contributed by atoms with Gasteiger partial charge in [-0.1, -0.05) is 37.6 Å². The van der Waals surface area contributed by atoms with E-state index in [1.165, 1.54) is 11.1 Å². The second kappa shape index (κ2) is 8.93. The highest BCUT2D eigenvalue weighted by atomic mass is 32.2. The number of benzene rings is 1. The molecule has 0 bridgehead atoms. The quantitative estimate of drug-likeness (QED) is 0.725. The first-order valence-corrected chi connectivity index (χ1v) is 12.2. The van der Waals surface area contributed by atoms with Gasteiger partial charge >= 0.3 is 0 Å². The van der Waals surface area contributed by atoms with Crippen LogP contribution >= 0.6 is 0 Å². The van der Waals surface area contributed by atoms with Crippen LogP contribution in [0.3, 0.4) is 0 Å².